The molecule has 0 amide bonds. The highest BCUT2D eigenvalue weighted by atomic mass is 16.5. The van der Waals surface area contributed by atoms with Gasteiger partial charge in [-0.05, 0) is 25.8 Å². The second kappa shape index (κ2) is 5.68. The van der Waals surface area contributed by atoms with Crippen molar-refractivity contribution in [3.63, 3.8) is 0 Å². The molecule has 1 aliphatic heterocycles. The Bertz CT molecular complexity index is 560. The molecular weight excluding hydrogens is 265 g/mol. The fraction of sp³-hybridized carbons (Fsp3) is 0.600. The Kier molecular flexibility index (Phi) is 3.89. The summed E-state index contributed by atoms with van der Waals surface area (Å²) < 4.78 is 4.94. The van der Waals surface area contributed by atoms with Crippen molar-refractivity contribution in [2.75, 3.05) is 31.6 Å². The van der Waals surface area contributed by atoms with Crippen LogP contribution in [0.5, 0.6) is 0 Å². The fourth-order valence-corrected chi connectivity index (χ4v) is 3.01. The molecule has 1 aromatic heterocycles. The zero-order valence-electron chi connectivity index (χ0n) is 13.0. The first-order chi connectivity index (χ1) is 10.1. The summed E-state index contributed by atoms with van der Waals surface area (Å²) in [7, 11) is 3.47. The summed E-state index contributed by atoms with van der Waals surface area (Å²) in [4.78, 5) is 19.2. The average molecular weight is 287 g/mol. The molecule has 6 heteroatoms. The maximum Gasteiger partial charge on any atom is 0.341 e. The molecule has 1 saturated carbocycles. The fourth-order valence-electron chi connectivity index (χ4n) is 3.01. The lowest BCUT2D eigenvalue weighted by atomic mass is 9.90. The Morgan fingerprint density at radius 1 is 1.52 bits per heavy atom. The number of pyridine rings is 1. The normalized spacial score (nSPS) is 22.2. The number of carbonyl (C=O) groups excluding carboxylic acids is 1. The standard InChI is InChI=1S/C15H22BN3O2/c1-9-8-19(6-5-17-9)14-11(15(20)21-2)7-12(16)13(18-14)10-3-4-10/h7,9-10,17H,3-6,8,16H2,1-2H3/t9-/m1/s1. The smallest absolute Gasteiger partial charge is 0.341 e. The number of ether oxygens (including phenoxy) is 1. The van der Waals surface area contributed by atoms with Gasteiger partial charge >= 0.3 is 5.97 Å². The number of anilines is 1. The third kappa shape index (κ3) is 2.90. The van der Waals surface area contributed by atoms with E-state index in [0.29, 0.717) is 17.5 Å². The number of piperazine rings is 1. The summed E-state index contributed by atoms with van der Waals surface area (Å²) in [6.07, 6.45) is 2.42. The topological polar surface area (TPSA) is 54.5 Å². The number of esters is 1. The Hall–Kier alpha value is -1.56. The molecule has 0 bridgehead atoms. The summed E-state index contributed by atoms with van der Waals surface area (Å²) in [5.74, 6) is 1.08. The van der Waals surface area contributed by atoms with Crippen LogP contribution in [0.15, 0.2) is 6.07 Å². The molecule has 0 unspecified atom stereocenters. The number of aromatic nitrogens is 1. The van der Waals surface area contributed by atoms with E-state index in [2.05, 4.69) is 17.1 Å². The molecule has 2 heterocycles. The van der Waals surface area contributed by atoms with Crippen LogP contribution in [0.25, 0.3) is 0 Å². The lowest BCUT2D eigenvalue weighted by Crippen LogP contribution is -2.50. The highest BCUT2D eigenvalue weighted by Crippen LogP contribution is 2.39. The predicted molar refractivity (Wildman–Crippen MR) is 85.4 cm³/mol. The van der Waals surface area contributed by atoms with E-state index in [0.717, 1.165) is 36.6 Å². The van der Waals surface area contributed by atoms with Gasteiger partial charge in [0.05, 0.1) is 7.11 Å². The van der Waals surface area contributed by atoms with Gasteiger partial charge < -0.3 is 15.0 Å². The molecule has 2 fully saturated rings. The molecule has 1 atom stereocenters. The molecule has 1 N–H and O–H groups in total. The van der Waals surface area contributed by atoms with Gasteiger partial charge in [0.25, 0.3) is 0 Å². The minimum atomic E-state index is -0.297. The van der Waals surface area contributed by atoms with E-state index in [1.807, 2.05) is 13.9 Å². The van der Waals surface area contributed by atoms with Gasteiger partial charge in [0.1, 0.15) is 19.2 Å². The Labute approximate surface area is 126 Å². The maximum atomic E-state index is 12.1. The first-order valence-corrected chi connectivity index (χ1v) is 7.68. The van der Waals surface area contributed by atoms with E-state index >= 15 is 0 Å². The van der Waals surface area contributed by atoms with E-state index in [1.54, 1.807) is 0 Å². The molecule has 2 aliphatic rings. The van der Waals surface area contributed by atoms with Crippen LogP contribution in [0.3, 0.4) is 0 Å². The largest absolute Gasteiger partial charge is 0.465 e. The highest BCUT2D eigenvalue weighted by molar-refractivity contribution is 6.33. The van der Waals surface area contributed by atoms with E-state index < -0.39 is 0 Å². The van der Waals surface area contributed by atoms with Crippen LogP contribution >= 0.6 is 0 Å². The lowest BCUT2D eigenvalue weighted by molar-refractivity contribution is 0.0601. The first kappa shape index (κ1) is 14.4. The average Bonchev–Trinajstić information content (AvgIpc) is 3.30. The second-order valence-electron chi connectivity index (χ2n) is 6.13. The lowest BCUT2D eigenvalue weighted by Gasteiger charge is -2.34. The third-order valence-electron chi connectivity index (χ3n) is 4.27. The number of nitrogens with one attached hydrogen (secondary N) is 1. The SMILES string of the molecule is Bc1cc(C(=O)OC)c(N2CCN[C@H](C)C2)nc1C1CC1. The molecule has 1 saturated heterocycles. The zero-order chi connectivity index (χ0) is 15.0. The minimum absolute atomic E-state index is 0.297. The summed E-state index contributed by atoms with van der Waals surface area (Å²) >= 11 is 0. The summed E-state index contributed by atoms with van der Waals surface area (Å²) in [5.41, 5.74) is 2.85. The van der Waals surface area contributed by atoms with Gasteiger partial charge in [-0.15, -0.1) is 0 Å². The van der Waals surface area contributed by atoms with Crippen molar-refractivity contribution >= 4 is 25.1 Å². The van der Waals surface area contributed by atoms with Crippen molar-refractivity contribution in [3.05, 3.63) is 17.3 Å². The molecule has 0 aromatic carbocycles. The van der Waals surface area contributed by atoms with Gasteiger partial charge in [-0.2, -0.15) is 0 Å². The van der Waals surface area contributed by atoms with Crippen molar-refractivity contribution in [2.24, 2.45) is 0 Å². The van der Waals surface area contributed by atoms with Crippen LogP contribution < -0.4 is 15.7 Å². The Balaban J connectivity index is 2.01. The van der Waals surface area contributed by atoms with Gasteiger partial charge in [0, 0.05) is 37.3 Å². The minimum Gasteiger partial charge on any atom is -0.465 e. The number of methoxy groups -OCH3 is 1. The van der Waals surface area contributed by atoms with Crippen molar-refractivity contribution in [3.8, 4) is 0 Å². The monoisotopic (exact) mass is 287 g/mol. The van der Waals surface area contributed by atoms with Gasteiger partial charge in [-0.3, -0.25) is 0 Å². The first-order valence-electron chi connectivity index (χ1n) is 7.68. The molecule has 0 radical (unpaired) electrons. The number of carbonyl (C=O) groups is 1. The summed E-state index contributed by atoms with van der Waals surface area (Å²) in [6, 6.07) is 2.35. The summed E-state index contributed by atoms with van der Waals surface area (Å²) in [6.45, 7) is 4.80. The van der Waals surface area contributed by atoms with Gasteiger partial charge in [-0.25, -0.2) is 9.78 Å². The quantitative estimate of drug-likeness (QED) is 0.616. The maximum absolute atomic E-state index is 12.1. The zero-order valence-corrected chi connectivity index (χ0v) is 13.0. The van der Waals surface area contributed by atoms with Crippen molar-refractivity contribution in [2.45, 2.75) is 31.7 Å². The van der Waals surface area contributed by atoms with E-state index in [-0.39, 0.29) is 5.97 Å². The molecule has 5 nitrogen and oxygen atoms in total. The Morgan fingerprint density at radius 2 is 2.29 bits per heavy atom. The van der Waals surface area contributed by atoms with Crippen LogP contribution in [0, 0.1) is 0 Å². The van der Waals surface area contributed by atoms with Crippen LogP contribution in [-0.4, -0.2) is 51.6 Å². The van der Waals surface area contributed by atoms with Crippen molar-refractivity contribution in [1.82, 2.24) is 10.3 Å². The second-order valence-corrected chi connectivity index (χ2v) is 6.13. The number of rotatable bonds is 3. The predicted octanol–water partition coefficient (Wildman–Crippen LogP) is -0.198. The molecule has 21 heavy (non-hydrogen) atoms. The summed E-state index contributed by atoms with van der Waals surface area (Å²) in [5, 5.41) is 3.42. The van der Waals surface area contributed by atoms with Gasteiger partial charge in [-0.1, -0.05) is 5.46 Å². The number of nitrogens with zero attached hydrogens (tertiary/aromatic N) is 2. The number of hydrogen-bond acceptors (Lipinski definition) is 5. The van der Waals surface area contributed by atoms with E-state index in [4.69, 9.17) is 9.72 Å². The number of hydrogen-bond donors (Lipinski definition) is 1. The molecule has 112 valence electrons. The molecule has 1 aliphatic carbocycles. The van der Waals surface area contributed by atoms with Crippen LogP contribution in [0.4, 0.5) is 5.82 Å². The van der Waals surface area contributed by atoms with E-state index in [1.165, 1.54) is 20.0 Å². The molecule has 3 rings (SSSR count). The van der Waals surface area contributed by atoms with E-state index in [9.17, 15) is 4.79 Å². The van der Waals surface area contributed by atoms with Crippen molar-refractivity contribution in [1.29, 1.82) is 0 Å². The van der Waals surface area contributed by atoms with Gasteiger partial charge in [0.15, 0.2) is 0 Å². The molecule has 0 spiro atoms. The van der Waals surface area contributed by atoms with Gasteiger partial charge in [0.2, 0.25) is 0 Å². The Morgan fingerprint density at radius 3 is 2.90 bits per heavy atom. The third-order valence-corrected chi connectivity index (χ3v) is 4.27. The van der Waals surface area contributed by atoms with Crippen LogP contribution in [0.1, 0.15) is 41.7 Å². The van der Waals surface area contributed by atoms with Crippen LogP contribution in [-0.2, 0) is 4.74 Å². The highest BCUT2D eigenvalue weighted by Gasteiger charge is 2.30. The molecular formula is C15H22BN3O2. The van der Waals surface area contributed by atoms with Crippen molar-refractivity contribution < 1.29 is 9.53 Å². The molecule has 1 aromatic rings. The van der Waals surface area contributed by atoms with Crippen LogP contribution in [0.2, 0.25) is 0 Å².